The Morgan fingerprint density at radius 2 is 1.83 bits per heavy atom. The van der Waals surface area contributed by atoms with Crippen molar-refractivity contribution in [3.8, 4) is 5.75 Å². The lowest BCUT2D eigenvalue weighted by Crippen LogP contribution is -2.24. The van der Waals surface area contributed by atoms with Crippen molar-refractivity contribution in [1.29, 1.82) is 0 Å². The molecule has 92 valence electrons. The molecule has 2 aromatic rings. The van der Waals surface area contributed by atoms with Crippen molar-refractivity contribution in [2.45, 2.75) is 0 Å². The number of guanidine groups is 1. The second-order valence-electron chi connectivity index (χ2n) is 3.77. The first-order valence-electron chi connectivity index (χ1n) is 5.32. The van der Waals surface area contributed by atoms with Gasteiger partial charge in [-0.15, -0.1) is 0 Å². The highest BCUT2D eigenvalue weighted by Gasteiger charge is 2.06. The number of aliphatic imine (C=N–C) groups is 1. The highest BCUT2D eigenvalue weighted by Crippen LogP contribution is 2.22. The Morgan fingerprint density at radius 1 is 1.11 bits per heavy atom. The maximum Gasteiger partial charge on any atom is 0.280 e. The predicted octanol–water partition coefficient (Wildman–Crippen LogP) is 1.26. The van der Waals surface area contributed by atoms with Gasteiger partial charge in [-0.3, -0.25) is 4.79 Å². The van der Waals surface area contributed by atoms with E-state index < -0.39 is 5.91 Å². The molecule has 0 aliphatic rings. The van der Waals surface area contributed by atoms with Crippen LogP contribution in [-0.4, -0.2) is 19.0 Å². The lowest BCUT2D eigenvalue weighted by atomic mass is 10.1. The molecule has 4 N–H and O–H groups in total. The van der Waals surface area contributed by atoms with E-state index in [-0.39, 0.29) is 5.96 Å². The number of nitrogens with two attached hydrogens (primary N) is 2. The number of amides is 1. The van der Waals surface area contributed by atoms with Gasteiger partial charge in [0.1, 0.15) is 5.75 Å². The van der Waals surface area contributed by atoms with Crippen molar-refractivity contribution in [3.05, 3.63) is 42.0 Å². The number of hydrogen-bond donors (Lipinski definition) is 2. The van der Waals surface area contributed by atoms with Gasteiger partial charge in [-0.1, -0.05) is 12.1 Å². The molecule has 0 aliphatic carbocycles. The number of carbonyl (C=O) groups excluding carboxylic acids is 1. The summed E-state index contributed by atoms with van der Waals surface area (Å²) in [6, 6.07) is 10.9. The lowest BCUT2D eigenvalue weighted by molar-refractivity contribution is 0.100. The average molecular weight is 243 g/mol. The Balaban J connectivity index is 2.48. The highest BCUT2D eigenvalue weighted by atomic mass is 16.5. The Kier molecular flexibility index (Phi) is 3.14. The number of ether oxygens (including phenoxy) is 1. The van der Waals surface area contributed by atoms with E-state index in [0.29, 0.717) is 5.56 Å². The van der Waals surface area contributed by atoms with Crippen LogP contribution >= 0.6 is 0 Å². The third kappa shape index (κ3) is 2.40. The fraction of sp³-hybridized carbons (Fsp3) is 0.0769. The fourth-order valence-corrected chi connectivity index (χ4v) is 1.67. The minimum Gasteiger partial charge on any atom is -0.497 e. The van der Waals surface area contributed by atoms with Crippen LogP contribution in [0.1, 0.15) is 10.4 Å². The lowest BCUT2D eigenvalue weighted by Gasteiger charge is -2.03. The average Bonchev–Trinajstić information content (AvgIpc) is 2.36. The van der Waals surface area contributed by atoms with Gasteiger partial charge in [-0.2, -0.15) is 4.99 Å². The summed E-state index contributed by atoms with van der Waals surface area (Å²) < 4.78 is 5.13. The number of rotatable bonds is 2. The smallest absolute Gasteiger partial charge is 0.280 e. The van der Waals surface area contributed by atoms with Gasteiger partial charge in [0, 0.05) is 5.56 Å². The second kappa shape index (κ2) is 4.75. The van der Waals surface area contributed by atoms with Crippen molar-refractivity contribution in [3.63, 3.8) is 0 Å². The molecule has 0 fully saturated rings. The Hall–Kier alpha value is -2.56. The molecule has 0 saturated heterocycles. The molecule has 2 rings (SSSR count). The molecule has 0 aromatic heterocycles. The summed E-state index contributed by atoms with van der Waals surface area (Å²) in [5, 5.41) is 1.91. The van der Waals surface area contributed by atoms with E-state index in [9.17, 15) is 4.79 Å². The van der Waals surface area contributed by atoms with E-state index in [1.165, 1.54) is 0 Å². The first kappa shape index (κ1) is 11.9. The summed E-state index contributed by atoms with van der Waals surface area (Å²) in [5.74, 6) is 0.0272. The maximum atomic E-state index is 11.7. The van der Waals surface area contributed by atoms with Gasteiger partial charge >= 0.3 is 0 Å². The van der Waals surface area contributed by atoms with Crippen LogP contribution in [0.3, 0.4) is 0 Å². The van der Waals surface area contributed by atoms with Crippen LogP contribution in [0.5, 0.6) is 5.75 Å². The maximum absolute atomic E-state index is 11.7. The van der Waals surface area contributed by atoms with Crippen molar-refractivity contribution in [1.82, 2.24) is 0 Å². The molecular formula is C13H13N3O2. The van der Waals surface area contributed by atoms with Crippen LogP contribution in [0.4, 0.5) is 0 Å². The monoisotopic (exact) mass is 243 g/mol. The van der Waals surface area contributed by atoms with E-state index in [4.69, 9.17) is 16.2 Å². The number of nitrogens with zero attached hydrogens (tertiary/aromatic N) is 1. The van der Waals surface area contributed by atoms with E-state index in [0.717, 1.165) is 16.5 Å². The normalized spacial score (nSPS) is 10.1. The molecule has 5 nitrogen and oxygen atoms in total. The van der Waals surface area contributed by atoms with E-state index in [1.807, 2.05) is 24.3 Å². The molecule has 0 bridgehead atoms. The summed E-state index contributed by atoms with van der Waals surface area (Å²) in [6.07, 6.45) is 0. The Labute approximate surface area is 104 Å². The van der Waals surface area contributed by atoms with E-state index in [1.54, 1.807) is 19.2 Å². The van der Waals surface area contributed by atoms with Crippen molar-refractivity contribution in [2.24, 2.45) is 16.5 Å². The SMILES string of the molecule is COc1ccc2ccc(C(=O)N=C(N)N)cc2c1. The Bertz CT molecular complexity index is 631. The molecule has 0 aliphatic heterocycles. The summed E-state index contributed by atoms with van der Waals surface area (Å²) in [5.41, 5.74) is 10.8. The van der Waals surface area contributed by atoms with Gasteiger partial charge in [-0.05, 0) is 35.0 Å². The first-order valence-corrected chi connectivity index (χ1v) is 5.32. The van der Waals surface area contributed by atoms with Gasteiger partial charge in [0.05, 0.1) is 7.11 Å². The molecule has 5 heteroatoms. The number of fused-ring (bicyclic) bond motifs is 1. The molecule has 0 saturated carbocycles. The zero-order valence-electron chi connectivity index (χ0n) is 9.88. The molecule has 0 radical (unpaired) electrons. The van der Waals surface area contributed by atoms with Crippen LogP contribution < -0.4 is 16.2 Å². The minimum absolute atomic E-state index is 0.245. The number of hydrogen-bond acceptors (Lipinski definition) is 2. The van der Waals surface area contributed by atoms with Crippen molar-refractivity contribution in [2.75, 3.05) is 7.11 Å². The molecule has 2 aromatic carbocycles. The van der Waals surface area contributed by atoms with Gasteiger partial charge in [0.2, 0.25) is 0 Å². The van der Waals surface area contributed by atoms with Crippen molar-refractivity contribution < 1.29 is 9.53 Å². The van der Waals surface area contributed by atoms with Gasteiger partial charge in [-0.25, -0.2) is 0 Å². The fourth-order valence-electron chi connectivity index (χ4n) is 1.67. The van der Waals surface area contributed by atoms with Crippen LogP contribution in [0.25, 0.3) is 10.8 Å². The third-order valence-electron chi connectivity index (χ3n) is 2.53. The van der Waals surface area contributed by atoms with E-state index >= 15 is 0 Å². The zero-order chi connectivity index (χ0) is 13.1. The van der Waals surface area contributed by atoms with Gasteiger partial charge < -0.3 is 16.2 Å². The molecule has 0 atom stereocenters. The standard InChI is InChI=1S/C13H13N3O2/c1-18-11-5-4-8-2-3-9(6-10(8)7-11)12(17)16-13(14)15/h2-7H,1H3,(H4,14,15,16,17). The third-order valence-corrected chi connectivity index (χ3v) is 2.53. The minimum atomic E-state index is -0.459. The van der Waals surface area contributed by atoms with Crippen molar-refractivity contribution >= 4 is 22.6 Å². The molecule has 18 heavy (non-hydrogen) atoms. The molecule has 0 heterocycles. The largest absolute Gasteiger partial charge is 0.497 e. The van der Waals surface area contributed by atoms with Crippen LogP contribution in [0, 0.1) is 0 Å². The second-order valence-corrected chi connectivity index (χ2v) is 3.77. The number of carbonyl (C=O) groups is 1. The first-order chi connectivity index (χ1) is 8.60. The predicted molar refractivity (Wildman–Crippen MR) is 70.6 cm³/mol. The highest BCUT2D eigenvalue weighted by molar-refractivity contribution is 6.04. The quantitative estimate of drug-likeness (QED) is 0.613. The van der Waals surface area contributed by atoms with Crippen LogP contribution in [-0.2, 0) is 0 Å². The van der Waals surface area contributed by atoms with Crippen LogP contribution in [0.15, 0.2) is 41.4 Å². The summed E-state index contributed by atoms with van der Waals surface area (Å²) in [7, 11) is 1.59. The number of benzene rings is 2. The summed E-state index contributed by atoms with van der Waals surface area (Å²) in [6.45, 7) is 0. The molecule has 0 spiro atoms. The van der Waals surface area contributed by atoms with Crippen LogP contribution in [0.2, 0.25) is 0 Å². The summed E-state index contributed by atoms with van der Waals surface area (Å²) in [4.78, 5) is 15.2. The Morgan fingerprint density at radius 3 is 2.50 bits per heavy atom. The molecule has 0 unspecified atom stereocenters. The molecular weight excluding hydrogens is 230 g/mol. The van der Waals surface area contributed by atoms with Gasteiger partial charge in [0.25, 0.3) is 5.91 Å². The van der Waals surface area contributed by atoms with E-state index in [2.05, 4.69) is 4.99 Å². The topological polar surface area (TPSA) is 90.7 Å². The molecule has 1 amide bonds. The zero-order valence-corrected chi connectivity index (χ0v) is 9.88. The summed E-state index contributed by atoms with van der Waals surface area (Å²) >= 11 is 0. The number of methoxy groups -OCH3 is 1. The van der Waals surface area contributed by atoms with Gasteiger partial charge in [0.15, 0.2) is 5.96 Å².